The van der Waals surface area contributed by atoms with Crippen LogP contribution in [0.4, 0.5) is 4.79 Å². The Morgan fingerprint density at radius 1 is 1.67 bits per heavy atom. The van der Waals surface area contributed by atoms with Gasteiger partial charge < -0.3 is 16.0 Å². The van der Waals surface area contributed by atoms with Crippen LogP contribution in [0.5, 0.6) is 0 Å². The molecule has 0 saturated heterocycles. The first-order valence-corrected chi connectivity index (χ1v) is 3.91. The number of hydrogen-bond donors (Lipinski definition) is 3. The van der Waals surface area contributed by atoms with Crippen LogP contribution in [0.1, 0.15) is 13.3 Å². The van der Waals surface area contributed by atoms with Crippen molar-refractivity contribution in [2.75, 3.05) is 20.1 Å². The summed E-state index contributed by atoms with van der Waals surface area (Å²) in [6, 6.07) is -0.126. The first-order chi connectivity index (χ1) is 5.61. The van der Waals surface area contributed by atoms with E-state index >= 15 is 0 Å². The molecule has 0 fully saturated rings. The van der Waals surface area contributed by atoms with Gasteiger partial charge in [-0.25, -0.2) is 4.79 Å². The summed E-state index contributed by atoms with van der Waals surface area (Å²) in [6.45, 7) is 3.02. The summed E-state index contributed by atoms with van der Waals surface area (Å²) in [6.07, 6.45) is 0.432. The van der Waals surface area contributed by atoms with Crippen molar-refractivity contribution in [2.24, 2.45) is 5.73 Å². The Balaban J connectivity index is 3.83. The van der Waals surface area contributed by atoms with Crippen molar-refractivity contribution in [2.45, 2.75) is 13.3 Å². The molecule has 5 heteroatoms. The lowest BCUT2D eigenvalue weighted by Gasteiger charge is -2.19. The van der Waals surface area contributed by atoms with Crippen LogP contribution in [-0.4, -0.2) is 36.9 Å². The maximum absolute atomic E-state index is 11.1. The third-order valence-electron chi connectivity index (χ3n) is 1.53. The largest absolute Gasteiger partial charge is 0.388 e. The minimum absolute atomic E-state index is 0.109. The van der Waals surface area contributed by atoms with Gasteiger partial charge in [0.1, 0.15) is 0 Å². The van der Waals surface area contributed by atoms with Crippen molar-refractivity contribution in [3.05, 3.63) is 0 Å². The zero-order valence-electron chi connectivity index (χ0n) is 7.55. The number of carbonyl (C=O) groups excluding carboxylic acids is 1. The SMILES string of the molecule is CCN(CCC(=N)N)C(=O)NC. The number of rotatable bonds is 4. The third-order valence-corrected chi connectivity index (χ3v) is 1.53. The number of nitrogens with two attached hydrogens (primary N) is 1. The standard InChI is InChI=1S/C7H16N4O/c1-3-11(7(12)10-2)5-4-6(8)9/h3-5H2,1-2H3,(H3,8,9)(H,10,12). The first kappa shape index (κ1) is 10.7. The molecule has 4 N–H and O–H groups in total. The topological polar surface area (TPSA) is 82.2 Å². The first-order valence-electron chi connectivity index (χ1n) is 3.91. The van der Waals surface area contributed by atoms with Crippen molar-refractivity contribution in [1.82, 2.24) is 10.2 Å². The van der Waals surface area contributed by atoms with E-state index in [1.807, 2.05) is 6.92 Å². The zero-order chi connectivity index (χ0) is 9.56. The minimum Gasteiger partial charge on any atom is -0.388 e. The molecule has 0 atom stereocenters. The van der Waals surface area contributed by atoms with E-state index in [1.165, 1.54) is 0 Å². The van der Waals surface area contributed by atoms with E-state index in [1.54, 1.807) is 11.9 Å². The molecule has 0 aromatic rings. The molecule has 0 aromatic carbocycles. The summed E-state index contributed by atoms with van der Waals surface area (Å²) in [5.74, 6) is 0.109. The Bertz CT molecular complexity index is 169. The van der Waals surface area contributed by atoms with Crippen LogP contribution < -0.4 is 11.1 Å². The fourth-order valence-electron chi connectivity index (χ4n) is 0.817. The summed E-state index contributed by atoms with van der Waals surface area (Å²) >= 11 is 0. The fraction of sp³-hybridized carbons (Fsp3) is 0.714. The van der Waals surface area contributed by atoms with Gasteiger partial charge in [0, 0.05) is 26.6 Å². The highest BCUT2D eigenvalue weighted by atomic mass is 16.2. The van der Waals surface area contributed by atoms with E-state index in [0.29, 0.717) is 19.5 Å². The van der Waals surface area contributed by atoms with Gasteiger partial charge in [0.25, 0.3) is 0 Å². The molecule has 5 nitrogen and oxygen atoms in total. The lowest BCUT2D eigenvalue weighted by molar-refractivity contribution is 0.204. The predicted molar refractivity (Wildman–Crippen MR) is 48.2 cm³/mol. The maximum Gasteiger partial charge on any atom is 0.317 e. The molecule has 70 valence electrons. The van der Waals surface area contributed by atoms with Gasteiger partial charge in [0.05, 0.1) is 5.84 Å². The van der Waals surface area contributed by atoms with Crippen LogP contribution in [0.15, 0.2) is 0 Å². The van der Waals surface area contributed by atoms with Crippen LogP contribution in [0.3, 0.4) is 0 Å². The van der Waals surface area contributed by atoms with Gasteiger partial charge in [-0.3, -0.25) is 5.41 Å². The molecule has 0 aromatic heterocycles. The molecule has 0 radical (unpaired) electrons. The number of amides is 2. The van der Waals surface area contributed by atoms with Crippen molar-refractivity contribution < 1.29 is 4.79 Å². The van der Waals surface area contributed by atoms with Crippen molar-refractivity contribution in [3.8, 4) is 0 Å². The zero-order valence-corrected chi connectivity index (χ0v) is 7.55. The van der Waals surface area contributed by atoms with Crippen LogP contribution >= 0.6 is 0 Å². The molecule has 0 aliphatic carbocycles. The monoisotopic (exact) mass is 172 g/mol. The number of amidine groups is 1. The summed E-state index contributed by atoms with van der Waals surface area (Å²) in [5, 5.41) is 9.50. The maximum atomic E-state index is 11.1. The Hall–Kier alpha value is -1.26. The Labute approximate surface area is 72.4 Å². The number of carbonyl (C=O) groups is 1. The van der Waals surface area contributed by atoms with Gasteiger partial charge in [-0.05, 0) is 6.92 Å². The second kappa shape index (κ2) is 5.40. The molecule has 2 amide bonds. The van der Waals surface area contributed by atoms with Gasteiger partial charge in [-0.15, -0.1) is 0 Å². The average Bonchev–Trinajstić information content (AvgIpc) is 2.04. The highest BCUT2D eigenvalue weighted by Gasteiger charge is 2.08. The van der Waals surface area contributed by atoms with Gasteiger partial charge >= 0.3 is 6.03 Å². The van der Waals surface area contributed by atoms with Crippen molar-refractivity contribution >= 4 is 11.9 Å². The van der Waals surface area contributed by atoms with Crippen LogP contribution in [0.2, 0.25) is 0 Å². The fourth-order valence-corrected chi connectivity index (χ4v) is 0.817. The average molecular weight is 172 g/mol. The van der Waals surface area contributed by atoms with E-state index in [2.05, 4.69) is 5.32 Å². The molecule has 0 heterocycles. The molecule has 0 spiro atoms. The molecule has 0 saturated carbocycles. The molecular weight excluding hydrogens is 156 g/mol. The van der Waals surface area contributed by atoms with E-state index in [9.17, 15) is 4.79 Å². The number of nitrogens with zero attached hydrogens (tertiary/aromatic N) is 1. The van der Waals surface area contributed by atoms with Crippen LogP contribution in [-0.2, 0) is 0 Å². The number of urea groups is 1. The van der Waals surface area contributed by atoms with Crippen molar-refractivity contribution in [3.63, 3.8) is 0 Å². The molecular formula is C7H16N4O. The van der Waals surface area contributed by atoms with Crippen LogP contribution in [0, 0.1) is 5.41 Å². The number of nitrogens with one attached hydrogen (secondary N) is 2. The summed E-state index contributed by atoms with van der Waals surface area (Å²) < 4.78 is 0. The minimum atomic E-state index is -0.126. The Morgan fingerprint density at radius 2 is 2.25 bits per heavy atom. The van der Waals surface area contributed by atoms with E-state index in [-0.39, 0.29) is 11.9 Å². The van der Waals surface area contributed by atoms with E-state index < -0.39 is 0 Å². The quantitative estimate of drug-likeness (QED) is 0.411. The molecule has 12 heavy (non-hydrogen) atoms. The van der Waals surface area contributed by atoms with Gasteiger partial charge in [-0.1, -0.05) is 0 Å². The highest BCUT2D eigenvalue weighted by molar-refractivity contribution is 5.78. The van der Waals surface area contributed by atoms with E-state index in [0.717, 1.165) is 0 Å². The van der Waals surface area contributed by atoms with Gasteiger partial charge in [0.15, 0.2) is 0 Å². The molecule has 0 aliphatic rings. The highest BCUT2D eigenvalue weighted by Crippen LogP contribution is 1.91. The second-order valence-corrected chi connectivity index (χ2v) is 2.41. The second-order valence-electron chi connectivity index (χ2n) is 2.41. The lowest BCUT2D eigenvalue weighted by Crippen LogP contribution is -2.39. The molecule has 0 bridgehead atoms. The molecule has 0 rings (SSSR count). The van der Waals surface area contributed by atoms with E-state index in [4.69, 9.17) is 11.1 Å². The summed E-state index contributed by atoms with van der Waals surface area (Å²) in [5.41, 5.74) is 5.16. The third kappa shape index (κ3) is 3.80. The van der Waals surface area contributed by atoms with Gasteiger partial charge in [-0.2, -0.15) is 0 Å². The smallest absolute Gasteiger partial charge is 0.317 e. The predicted octanol–water partition coefficient (Wildman–Crippen LogP) is -0.0262. The summed E-state index contributed by atoms with van der Waals surface area (Å²) in [4.78, 5) is 12.7. The normalized spacial score (nSPS) is 9.17. The van der Waals surface area contributed by atoms with Crippen LogP contribution in [0.25, 0.3) is 0 Å². The Morgan fingerprint density at radius 3 is 2.58 bits per heavy atom. The molecule has 0 aliphatic heterocycles. The summed E-state index contributed by atoms with van der Waals surface area (Å²) in [7, 11) is 1.58. The lowest BCUT2D eigenvalue weighted by atomic mass is 10.3. The van der Waals surface area contributed by atoms with Crippen molar-refractivity contribution in [1.29, 1.82) is 5.41 Å². The van der Waals surface area contributed by atoms with Gasteiger partial charge in [0.2, 0.25) is 0 Å². The Kier molecular flexibility index (Phi) is 4.83. The molecule has 0 unspecified atom stereocenters. The number of hydrogen-bond acceptors (Lipinski definition) is 2.